The van der Waals surface area contributed by atoms with Crippen LogP contribution in [0.1, 0.15) is 27.0 Å². The van der Waals surface area contributed by atoms with Crippen LogP contribution < -0.4 is 0 Å². The van der Waals surface area contributed by atoms with Gasteiger partial charge in [0.2, 0.25) is 0 Å². The third-order valence-corrected chi connectivity index (χ3v) is 6.38. The number of carbonyl (C=O) groups is 2. The van der Waals surface area contributed by atoms with Crippen LogP contribution in [0.2, 0.25) is 0 Å². The predicted molar refractivity (Wildman–Crippen MR) is 154 cm³/mol. The number of esters is 1. The van der Waals surface area contributed by atoms with Gasteiger partial charge in [-0.3, -0.25) is 4.79 Å². The Bertz CT molecular complexity index is 1300. The first-order chi connectivity index (χ1) is 20.1. The van der Waals surface area contributed by atoms with E-state index in [9.17, 15) is 14.7 Å². The quantitative estimate of drug-likeness (QED) is 0.151. The lowest BCUT2D eigenvalue weighted by Crippen LogP contribution is -2.51. The van der Waals surface area contributed by atoms with E-state index in [2.05, 4.69) is 0 Å². The number of hydrogen-bond acceptors (Lipinski definition) is 7. The molecule has 0 bridgehead atoms. The number of aliphatic hydroxyl groups excluding tert-OH is 1. The van der Waals surface area contributed by atoms with E-state index in [1.807, 2.05) is 91.0 Å². The summed E-state index contributed by atoms with van der Waals surface area (Å²) < 4.78 is 23.9. The van der Waals surface area contributed by atoms with Crippen LogP contribution in [0.4, 0.5) is 0 Å². The second-order valence-corrected chi connectivity index (χ2v) is 9.46. The highest BCUT2D eigenvalue weighted by Crippen LogP contribution is 2.21. The highest BCUT2D eigenvalue weighted by atomic mass is 16.6. The Balaban J connectivity index is 1.57. The molecule has 7 heteroatoms. The van der Waals surface area contributed by atoms with Crippen LogP contribution in [-0.4, -0.2) is 48.4 Å². The maximum absolute atomic E-state index is 12.9. The van der Waals surface area contributed by atoms with E-state index >= 15 is 0 Å². The van der Waals surface area contributed by atoms with E-state index in [1.165, 1.54) is 0 Å². The Labute approximate surface area is 240 Å². The van der Waals surface area contributed by atoms with E-state index in [-0.39, 0.29) is 32.0 Å². The monoisotopic (exact) mass is 554 g/mol. The van der Waals surface area contributed by atoms with Crippen molar-refractivity contribution in [3.8, 4) is 0 Å². The number of aldehydes is 1. The van der Waals surface area contributed by atoms with Crippen LogP contribution >= 0.6 is 0 Å². The molecular weight excluding hydrogens is 520 g/mol. The molecule has 0 saturated carbocycles. The van der Waals surface area contributed by atoms with Gasteiger partial charge in [-0.1, -0.05) is 109 Å². The van der Waals surface area contributed by atoms with Gasteiger partial charge in [-0.25, -0.2) is 4.79 Å². The largest absolute Gasteiger partial charge is 0.448 e. The van der Waals surface area contributed by atoms with Crippen molar-refractivity contribution in [3.05, 3.63) is 144 Å². The Kier molecular flexibility index (Phi) is 11.8. The summed E-state index contributed by atoms with van der Waals surface area (Å²) in [5.74, 6) is -0.687. The first-order valence-corrected chi connectivity index (χ1v) is 13.5. The van der Waals surface area contributed by atoms with Gasteiger partial charge >= 0.3 is 5.97 Å². The first-order valence-electron chi connectivity index (χ1n) is 13.5. The molecule has 7 nitrogen and oxygen atoms in total. The second-order valence-electron chi connectivity index (χ2n) is 9.46. The summed E-state index contributed by atoms with van der Waals surface area (Å²) in [6.45, 7) is 0.406. The minimum atomic E-state index is -1.36. The topological polar surface area (TPSA) is 91.3 Å². The summed E-state index contributed by atoms with van der Waals surface area (Å²) in [5, 5.41) is 11.3. The molecule has 0 unspecified atom stereocenters. The highest BCUT2D eigenvalue weighted by Gasteiger charge is 2.39. The molecule has 0 aliphatic carbocycles. The van der Waals surface area contributed by atoms with Gasteiger partial charge < -0.3 is 24.1 Å². The number of aliphatic hydroxyl groups is 1. The summed E-state index contributed by atoms with van der Waals surface area (Å²) in [4.78, 5) is 25.3. The molecule has 1 N–H and O–H groups in total. The maximum atomic E-state index is 12.9. The summed E-state index contributed by atoms with van der Waals surface area (Å²) in [7, 11) is 0. The minimum absolute atomic E-state index is 0.0987. The molecule has 4 aromatic rings. The summed E-state index contributed by atoms with van der Waals surface area (Å²) >= 11 is 0. The Hall–Kier alpha value is -4.14. The lowest BCUT2D eigenvalue weighted by atomic mass is 10.0. The Morgan fingerprint density at radius 2 is 1.07 bits per heavy atom. The first kappa shape index (κ1) is 29.8. The second kappa shape index (κ2) is 16.2. The van der Waals surface area contributed by atoms with Crippen molar-refractivity contribution in [1.29, 1.82) is 0 Å². The van der Waals surface area contributed by atoms with Crippen molar-refractivity contribution in [2.75, 3.05) is 6.61 Å². The van der Waals surface area contributed by atoms with Gasteiger partial charge in [0, 0.05) is 0 Å². The summed E-state index contributed by atoms with van der Waals surface area (Å²) in [5.41, 5.74) is 2.93. The van der Waals surface area contributed by atoms with Gasteiger partial charge in [0.1, 0.15) is 18.3 Å². The molecule has 0 saturated heterocycles. The summed E-state index contributed by atoms with van der Waals surface area (Å²) in [6, 6.07) is 36.8. The number of ether oxygens (including phenoxy) is 4. The number of rotatable bonds is 16. The molecule has 4 atom stereocenters. The molecule has 0 aliphatic rings. The van der Waals surface area contributed by atoms with Crippen LogP contribution in [0.15, 0.2) is 121 Å². The Morgan fingerprint density at radius 3 is 1.56 bits per heavy atom. The smallest absolute Gasteiger partial charge is 0.338 e. The molecule has 0 amide bonds. The van der Waals surface area contributed by atoms with Gasteiger partial charge in [0.25, 0.3) is 0 Å². The fourth-order valence-corrected chi connectivity index (χ4v) is 4.24. The van der Waals surface area contributed by atoms with Crippen LogP contribution in [0.5, 0.6) is 0 Å². The van der Waals surface area contributed by atoms with Crippen molar-refractivity contribution in [3.63, 3.8) is 0 Å². The average molecular weight is 555 g/mol. The van der Waals surface area contributed by atoms with Crippen molar-refractivity contribution in [2.24, 2.45) is 0 Å². The molecule has 0 aromatic heterocycles. The van der Waals surface area contributed by atoms with Crippen LogP contribution in [0.3, 0.4) is 0 Å². The van der Waals surface area contributed by atoms with E-state index in [0.717, 1.165) is 16.7 Å². The van der Waals surface area contributed by atoms with Gasteiger partial charge in [-0.15, -0.1) is 0 Å². The molecule has 0 heterocycles. The molecule has 212 valence electrons. The normalized spacial score (nSPS) is 14.0. The number of benzene rings is 4. The average Bonchev–Trinajstić information content (AvgIpc) is 3.03. The number of hydrogen-bond donors (Lipinski definition) is 1. The molecule has 0 fully saturated rings. The van der Waals surface area contributed by atoms with E-state index in [1.54, 1.807) is 30.3 Å². The molecular formula is C34H34O7. The van der Waals surface area contributed by atoms with Crippen LogP contribution in [0, 0.1) is 0 Å². The van der Waals surface area contributed by atoms with E-state index in [4.69, 9.17) is 18.9 Å². The maximum Gasteiger partial charge on any atom is 0.338 e. The fourth-order valence-electron chi connectivity index (χ4n) is 4.24. The zero-order valence-corrected chi connectivity index (χ0v) is 22.7. The highest BCUT2D eigenvalue weighted by molar-refractivity contribution is 5.90. The van der Waals surface area contributed by atoms with Crippen molar-refractivity contribution < 1.29 is 33.6 Å². The predicted octanol–water partition coefficient (Wildman–Crippen LogP) is 5.16. The van der Waals surface area contributed by atoms with Gasteiger partial charge in [0.05, 0.1) is 32.0 Å². The molecule has 0 spiro atoms. The zero-order chi connectivity index (χ0) is 28.7. The van der Waals surface area contributed by atoms with Crippen LogP contribution in [-0.2, 0) is 43.6 Å². The van der Waals surface area contributed by atoms with Gasteiger partial charge in [-0.2, -0.15) is 0 Å². The lowest BCUT2D eigenvalue weighted by molar-refractivity contribution is -0.176. The minimum Gasteiger partial charge on any atom is -0.448 e. The molecule has 41 heavy (non-hydrogen) atoms. The summed E-state index contributed by atoms with van der Waals surface area (Å²) in [6.07, 6.45) is -4.28. The van der Waals surface area contributed by atoms with Crippen molar-refractivity contribution >= 4 is 12.3 Å². The number of carbonyl (C=O) groups excluding carboxylic acids is 2. The third kappa shape index (κ3) is 9.48. The van der Waals surface area contributed by atoms with E-state index < -0.39 is 30.4 Å². The van der Waals surface area contributed by atoms with Gasteiger partial charge in [0.15, 0.2) is 12.4 Å². The Morgan fingerprint density at radius 1 is 0.634 bits per heavy atom. The molecule has 4 aromatic carbocycles. The third-order valence-electron chi connectivity index (χ3n) is 6.38. The van der Waals surface area contributed by atoms with Gasteiger partial charge in [-0.05, 0) is 28.8 Å². The molecule has 4 rings (SSSR count). The fraction of sp³-hybridized carbons (Fsp3) is 0.235. The van der Waals surface area contributed by atoms with Crippen LogP contribution in [0.25, 0.3) is 0 Å². The van der Waals surface area contributed by atoms with E-state index in [0.29, 0.717) is 6.29 Å². The standard InChI is InChI=1S/C34H34O7/c35-21-31(41-34(37)29-19-11-4-12-20-29)33(40-24-28-17-9-3-10-18-28)32(39-23-27-15-7-2-8-16-27)30(36)25-38-22-26-13-5-1-6-14-26/h1-21,30-33,36H,22-25H2/t30-,31+,32+,33-/m1/s1. The van der Waals surface area contributed by atoms with Crippen molar-refractivity contribution in [2.45, 2.75) is 44.2 Å². The molecule has 0 aliphatic heterocycles. The van der Waals surface area contributed by atoms with Crippen molar-refractivity contribution in [1.82, 2.24) is 0 Å². The lowest BCUT2D eigenvalue weighted by Gasteiger charge is -2.33. The zero-order valence-electron chi connectivity index (χ0n) is 22.7. The SMILES string of the molecule is O=C[C@H](OC(=O)c1ccccc1)[C@@H](OCc1ccccc1)[C@@H](OCc1ccccc1)[C@H](O)COCc1ccccc1. The molecule has 0 radical (unpaired) electrons.